The SMILES string of the molecule is Cc1n[nH]c(C)c1C1CCCCCN1. The van der Waals surface area contributed by atoms with Gasteiger partial charge in [-0.3, -0.25) is 5.10 Å². The Morgan fingerprint density at radius 3 is 2.79 bits per heavy atom. The Hall–Kier alpha value is -0.830. The predicted octanol–water partition coefficient (Wildman–Crippen LogP) is 2.23. The third-order valence-electron chi connectivity index (χ3n) is 3.09. The van der Waals surface area contributed by atoms with Crippen LogP contribution in [0.4, 0.5) is 0 Å². The molecule has 3 nitrogen and oxygen atoms in total. The van der Waals surface area contributed by atoms with E-state index in [1.165, 1.54) is 36.9 Å². The summed E-state index contributed by atoms with van der Waals surface area (Å²) < 4.78 is 0. The summed E-state index contributed by atoms with van der Waals surface area (Å²) >= 11 is 0. The summed E-state index contributed by atoms with van der Waals surface area (Å²) in [5, 5.41) is 10.9. The van der Waals surface area contributed by atoms with Gasteiger partial charge >= 0.3 is 0 Å². The van der Waals surface area contributed by atoms with Gasteiger partial charge in [-0.2, -0.15) is 5.10 Å². The molecule has 1 aliphatic heterocycles. The van der Waals surface area contributed by atoms with E-state index in [9.17, 15) is 0 Å². The van der Waals surface area contributed by atoms with Crippen molar-refractivity contribution in [2.75, 3.05) is 6.54 Å². The van der Waals surface area contributed by atoms with E-state index in [0.717, 1.165) is 12.2 Å². The molecule has 0 radical (unpaired) electrons. The first-order chi connectivity index (χ1) is 6.79. The molecule has 14 heavy (non-hydrogen) atoms. The maximum Gasteiger partial charge on any atom is 0.0641 e. The minimum atomic E-state index is 0.524. The van der Waals surface area contributed by atoms with Crippen LogP contribution < -0.4 is 5.32 Å². The molecule has 78 valence electrons. The lowest BCUT2D eigenvalue weighted by Crippen LogP contribution is -2.21. The second-order valence-electron chi connectivity index (χ2n) is 4.20. The van der Waals surface area contributed by atoms with Crippen LogP contribution in [0.5, 0.6) is 0 Å². The van der Waals surface area contributed by atoms with E-state index in [0.29, 0.717) is 6.04 Å². The molecule has 1 aromatic heterocycles. The largest absolute Gasteiger partial charge is 0.310 e. The number of nitrogens with one attached hydrogen (secondary N) is 2. The van der Waals surface area contributed by atoms with Crippen molar-refractivity contribution >= 4 is 0 Å². The molecule has 0 saturated carbocycles. The number of rotatable bonds is 1. The van der Waals surface area contributed by atoms with Gasteiger partial charge in [0.05, 0.1) is 5.69 Å². The van der Waals surface area contributed by atoms with E-state index in [1.807, 2.05) is 0 Å². The molecule has 1 fully saturated rings. The van der Waals surface area contributed by atoms with Crippen LogP contribution in [0.3, 0.4) is 0 Å². The molecule has 2 rings (SSSR count). The summed E-state index contributed by atoms with van der Waals surface area (Å²) in [6, 6.07) is 0.524. The zero-order valence-corrected chi connectivity index (χ0v) is 9.06. The van der Waals surface area contributed by atoms with Gasteiger partial charge in [-0.25, -0.2) is 0 Å². The monoisotopic (exact) mass is 193 g/mol. The Bertz CT molecular complexity index is 276. The van der Waals surface area contributed by atoms with E-state index < -0.39 is 0 Å². The minimum absolute atomic E-state index is 0.524. The quantitative estimate of drug-likeness (QED) is 0.718. The van der Waals surface area contributed by atoms with Crippen molar-refractivity contribution in [2.24, 2.45) is 0 Å². The van der Waals surface area contributed by atoms with Crippen LogP contribution in [0.15, 0.2) is 0 Å². The number of aryl methyl sites for hydroxylation is 2. The van der Waals surface area contributed by atoms with Crippen LogP contribution in [0, 0.1) is 13.8 Å². The summed E-state index contributed by atoms with van der Waals surface area (Å²) in [4.78, 5) is 0. The van der Waals surface area contributed by atoms with Crippen LogP contribution in [0.25, 0.3) is 0 Å². The van der Waals surface area contributed by atoms with Crippen molar-refractivity contribution < 1.29 is 0 Å². The van der Waals surface area contributed by atoms with Crippen molar-refractivity contribution in [3.63, 3.8) is 0 Å². The molecule has 2 N–H and O–H groups in total. The zero-order valence-electron chi connectivity index (χ0n) is 9.06. The predicted molar refractivity (Wildman–Crippen MR) is 57.3 cm³/mol. The fraction of sp³-hybridized carbons (Fsp3) is 0.727. The molecule has 0 aliphatic carbocycles. The summed E-state index contributed by atoms with van der Waals surface area (Å²) in [6.07, 6.45) is 5.26. The highest BCUT2D eigenvalue weighted by Gasteiger charge is 2.19. The van der Waals surface area contributed by atoms with E-state index >= 15 is 0 Å². The molecule has 1 atom stereocenters. The average Bonchev–Trinajstić information content (AvgIpc) is 2.45. The van der Waals surface area contributed by atoms with Crippen LogP contribution in [0.2, 0.25) is 0 Å². The number of nitrogens with zero attached hydrogens (tertiary/aromatic N) is 1. The van der Waals surface area contributed by atoms with Crippen LogP contribution in [0.1, 0.15) is 48.7 Å². The molecule has 1 unspecified atom stereocenters. The van der Waals surface area contributed by atoms with E-state index in [2.05, 4.69) is 29.4 Å². The number of hydrogen-bond acceptors (Lipinski definition) is 2. The first-order valence-corrected chi connectivity index (χ1v) is 5.54. The molecule has 0 aromatic carbocycles. The van der Waals surface area contributed by atoms with Crippen LogP contribution in [-0.2, 0) is 0 Å². The van der Waals surface area contributed by atoms with Gasteiger partial charge in [-0.05, 0) is 33.2 Å². The van der Waals surface area contributed by atoms with Gasteiger partial charge in [0, 0.05) is 17.3 Å². The highest BCUT2D eigenvalue weighted by Crippen LogP contribution is 2.26. The second-order valence-corrected chi connectivity index (χ2v) is 4.20. The number of aromatic nitrogens is 2. The number of H-pyrrole nitrogens is 1. The summed E-state index contributed by atoms with van der Waals surface area (Å²) in [5.41, 5.74) is 3.77. The lowest BCUT2D eigenvalue weighted by Gasteiger charge is -2.16. The standard InChI is InChI=1S/C11H19N3/c1-8-11(9(2)14-13-8)10-6-4-3-5-7-12-10/h10,12H,3-7H2,1-2H3,(H,13,14). The molecule has 2 heterocycles. The Balaban J connectivity index is 2.19. The van der Waals surface area contributed by atoms with E-state index in [4.69, 9.17) is 0 Å². The zero-order chi connectivity index (χ0) is 9.97. The Labute approximate surface area is 85.3 Å². The van der Waals surface area contributed by atoms with Gasteiger partial charge in [0.1, 0.15) is 0 Å². The van der Waals surface area contributed by atoms with Gasteiger partial charge in [0.25, 0.3) is 0 Å². The minimum Gasteiger partial charge on any atom is -0.310 e. The van der Waals surface area contributed by atoms with E-state index in [-0.39, 0.29) is 0 Å². The Kier molecular flexibility index (Phi) is 2.87. The van der Waals surface area contributed by atoms with Crippen LogP contribution in [-0.4, -0.2) is 16.7 Å². The van der Waals surface area contributed by atoms with Crippen molar-refractivity contribution in [3.05, 3.63) is 17.0 Å². The highest BCUT2D eigenvalue weighted by molar-refractivity contribution is 5.27. The van der Waals surface area contributed by atoms with Crippen LogP contribution >= 0.6 is 0 Å². The molecule has 1 saturated heterocycles. The molecule has 0 amide bonds. The second kappa shape index (κ2) is 4.13. The first kappa shape index (κ1) is 9.71. The van der Waals surface area contributed by atoms with E-state index in [1.54, 1.807) is 0 Å². The van der Waals surface area contributed by atoms with Crippen molar-refractivity contribution in [1.29, 1.82) is 0 Å². The highest BCUT2D eigenvalue weighted by atomic mass is 15.1. The maximum absolute atomic E-state index is 4.26. The fourth-order valence-electron chi connectivity index (χ4n) is 2.35. The number of aromatic amines is 1. The molecular weight excluding hydrogens is 174 g/mol. The third-order valence-corrected chi connectivity index (χ3v) is 3.09. The van der Waals surface area contributed by atoms with Crippen molar-refractivity contribution in [3.8, 4) is 0 Å². The average molecular weight is 193 g/mol. The molecular formula is C11H19N3. The van der Waals surface area contributed by atoms with Crippen molar-refractivity contribution in [2.45, 2.75) is 45.6 Å². The smallest absolute Gasteiger partial charge is 0.0641 e. The lowest BCUT2D eigenvalue weighted by molar-refractivity contribution is 0.530. The molecule has 3 heteroatoms. The molecule has 1 aromatic rings. The Morgan fingerprint density at radius 1 is 1.21 bits per heavy atom. The van der Waals surface area contributed by atoms with Crippen molar-refractivity contribution in [1.82, 2.24) is 15.5 Å². The summed E-state index contributed by atoms with van der Waals surface area (Å²) in [7, 11) is 0. The van der Waals surface area contributed by atoms with Gasteiger partial charge in [-0.1, -0.05) is 12.8 Å². The summed E-state index contributed by atoms with van der Waals surface area (Å²) in [5.74, 6) is 0. The number of hydrogen-bond donors (Lipinski definition) is 2. The maximum atomic E-state index is 4.26. The first-order valence-electron chi connectivity index (χ1n) is 5.54. The van der Waals surface area contributed by atoms with Gasteiger partial charge < -0.3 is 5.32 Å². The topological polar surface area (TPSA) is 40.7 Å². The summed E-state index contributed by atoms with van der Waals surface area (Å²) in [6.45, 7) is 5.35. The normalized spacial score (nSPS) is 23.4. The lowest BCUT2D eigenvalue weighted by atomic mass is 10.0. The third kappa shape index (κ3) is 1.82. The van der Waals surface area contributed by atoms with Gasteiger partial charge in [0.15, 0.2) is 0 Å². The molecule has 1 aliphatic rings. The van der Waals surface area contributed by atoms with Gasteiger partial charge in [-0.15, -0.1) is 0 Å². The molecule has 0 spiro atoms. The van der Waals surface area contributed by atoms with Gasteiger partial charge in [0.2, 0.25) is 0 Å². The Morgan fingerprint density at radius 2 is 2.07 bits per heavy atom. The fourth-order valence-corrected chi connectivity index (χ4v) is 2.35. The molecule has 0 bridgehead atoms.